The summed E-state index contributed by atoms with van der Waals surface area (Å²) in [6.45, 7) is 1.99. The van der Waals surface area contributed by atoms with Crippen LogP contribution < -0.4 is 5.32 Å². The quantitative estimate of drug-likeness (QED) is 0.691. The lowest BCUT2D eigenvalue weighted by molar-refractivity contribution is -0.384. The molecule has 0 fully saturated rings. The molecule has 2 aromatic rings. The summed E-state index contributed by atoms with van der Waals surface area (Å²) >= 11 is 3.43. The topological polar surface area (TPSA) is 68.1 Å². The molecule has 1 heterocycles. The Kier molecular flexibility index (Phi) is 3.57. The average molecular weight is 308 g/mol. The van der Waals surface area contributed by atoms with Gasteiger partial charge in [0.2, 0.25) is 0 Å². The van der Waals surface area contributed by atoms with E-state index >= 15 is 0 Å². The predicted molar refractivity (Wildman–Crippen MR) is 73.1 cm³/mol. The molecule has 2 rings (SSSR count). The molecule has 1 aromatic carbocycles. The molecule has 0 saturated heterocycles. The van der Waals surface area contributed by atoms with Crippen molar-refractivity contribution in [2.24, 2.45) is 0 Å². The Labute approximate surface area is 112 Å². The molecule has 6 heteroatoms. The number of hydrogen-bond acceptors (Lipinski definition) is 4. The molecule has 0 aliphatic rings. The van der Waals surface area contributed by atoms with Crippen LogP contribution in [0.2, 0.25) is 0 Å². The lowest BCUT2D eigenvalue weighted by Gasteiger charge is -2.08. The number of rotatable bonds is 3. The van der Waals surface area contributed by atoms with Crippen molar-refractivity contribution < 1.29 is 4.92 Å². The molecule has 0 aliphatic heterocycles. The van der Waals surface area contributed by atoms with Crippen LogP contribution in [0.3, 0.4) is 0 Å². The van der Waals surface area contributed by atoms with Gasteiger partial charge in [-0.05, 0) is 40.5 Å². The molecule has 1 N–H and O–H groups in total. The number of aryl methyl sites for hydroxylation is 1. The van der Waals surface area contributed by atoms with E-state index in [0.29, 0.717) is 5.82 Å². The largest absolute Gasteiger partial charge is 0.339 e. The van der Waals surface area contributed by atoms with E-state index in [1.165, 1.54) is 18.3 Å². The van der Waals surface area contributed by atoms with Gasteiger partial charge in [0.1, 0.15) is 5.82 Å². The van der Waals surface area contributed by atoms with Crippen molar-refractivity contribution in [3.8, 4) is 0 Å². The molecule has 1 aromatic heterocycles. The van der Waals surface area contributed by atoms with E-state index in [0.717, 1.165) is 15.7 Å². The second-order valence-electron chi connectivity index (χ2n) is 3.76. The third-order valence-corrected chi connectivity index (χ3v) is 3.00. The van der Waals surface area contributed by atoms with Crippen molar-refractivity contribution in [3.63, 3.8) is 0 Å². The van der Waals surface area contributed by atoms with Gasteiger partial charge in [0.15, 0.2) is 0 Å². The molecule has 5 nitrogen and oxygen atoms in total. The molecule has 0 aliphatic carbocycles. The van der Waals surface area contributed by atoms with Gasteiger partial charge < -0.3 is 5.32 Å². The third-order valence-electron chi connectivity index (χ3n) is 2.34. The summed E-state index contributed by atoms with van der Waals surface area (Å²) in [4.78, 5) is 14.3. The SMILES string of the molecule is Cc1ccc(Nc2cc([N+](=O)[O-])ccn2)c(Br)c1. The van der Waals surface area contributed by atoms with E-state index in [-0.39, 0.29) is 5.69 Å². The fraction of sp³-hybridized carbons (Fsp3) is 0.0833. The second-order valence-corrected chi connectivity index (χ2v) is 4.62. The van der Waals surface area contributed by atoms with Crippen molar-refractivity contribution >= 4 is 33.1 Å². The van der Waals surface area contributed by atoms with Gasteiger partial charge in [-0.2, -0.15) is 0 Å². The molecule has 92 valence electrons. The zero-order chi connectivity index (χ0) is 13.1. The Morgan fingerprint density at radius 1 is 1.33 bits per heavy atom. The lowest BCUT2D eigenvalue weighted by Crippen LogP contribution is -1.96. The first-order chi connectivity index (χ1) is 8.56. The number of pyridine rings is 1. The molecule has 0 spiro atoms. The number of aromatic nitrogens is 1. The standard InChI is InChI=1S/C12H10BrN3O2/c1-8-2-3-11(10(13)6-8)15-12-7-9(16(17)18)4-5-14-12/h2-7H,1H3,(H,14,15). The maximum Gasteiger partial charge on any atom is 0.274 e. The van der Waals surface area contributed by atoms with Crippen molar-refractivity contribution in [1.82, 2.24) is 4.98 Å². The Morgan fingerprint density at radius 2 is 2.11 bits per heavy atom. The maximum absolute atomic E-state index is 10.7. The van der Waals surface area contributed by atoms with Crippen LogP contribution in [-0.4, -0.2) is 9.91 Å². The zero-order valence-corrected chi connectivity index (χ0v) is 11.1. The Balaban J connectivity index is 2.28. The fourth-order valence-corrected chi connectivity index (χ4v) is 2.05. The minimum absolute atomic E-state index is 0.00994. The second kappa shape index (κ2) is 5.14. The van der Waals surface area contributed by atoms with E-state index in [1.54, 1.807) is 0 Å². The van der Waals surface area contributed by atoms with Crippen LogP contribution in [0.15, 0.2) is 41.0 Å². The summed E-state index contributed by atoms with van der Waals surface area (Å²) in [7, 11) is 0. The maximum atomic E-state index is 10.7. The summed E-state index contributed by atoms with van der Waals surface area (Å²) < 4.78 is 0.885. The number of nitro groups is 1. The first kappa shape index (κ1) is 12.5. The van der Waals surface area contributed by atoms with Gasteiger partial charge in [0.05, 0.1) is 16.7 Å². The van der Waals surface area contributed by atoms with Gasteiger partial charge in [0, 0.05) is 16.7 Å². The average Bonchev–Trinajstić information content (AvgIpc) is 2.33. The molecule has 18 heavy (non-hydrogen) atoms. The Bertz CT molecular complexity index is 602. The van der Waals surface area contributed by atoms with E-state index in [4.69, 9.17) is 0 Å². The first-order valence-electron chi connectivity index (χ1n) is 5.20. The van der Waals surface area contributed by atoms with Crippen molar-refractivity contribution in [1.29, 1.82) is 0 Å². The van der Waals surface area contributed by atoms with Crippen LogP contribution in [0.1, 0.15) is 5.56 Å². The summed E-state index contributed by atoms with van der Waals surface area (Å²) in [6, 6.07) is 8.55. The van der Waals surface area contributed by atoms with Crippen LogP contribution in [-0.2, 0) is 0 Å². The molecular formula is C12H10BrN3O2. The van der Waals surface area contributed by atoms with Crippen LogP contribution in [0.25, 0.3) is 0 Å². The summed E-state index contributed by atoms with van der Waals surface area (Å²) in [5.41, 5.74) is 1.95. The van der Waals surface area contributed by atoms with Crippen molar-refractivity contribution in [2.45, 2.75) is 6.92 Å². The highest BCUT2D eigenvalue weighted by molar-refractivity contribution is 9.10. The van der Waals surface area contributed by atoms with Gasteiger partial charge in [0.25, 0.3) is 5.69 Å². The normalized spacial score (nSPS) is 10.1. The molecule has 0 radical (unpaired) electrons. The highest BCUT2D eigenvalue weighted by Crippen LogP contribution is 2.27. The monoisotopic (exact) mass is 307 g/mol. The Morgan fingerprint density at radius 3 is 2.78 bits per heavy atom. The number of hydrogen-bond donors (Lipinski definition) is 1. The van der Waals surface area contributed by atoms with Gasteiger partial charge in [-0.25, -0.2) is 4.98 Å². The van der Waals surface area contributed by atoms with Gasteiger partial charge in [-0.1, -0.05) is 6.07 Å². The molecule has 0 bridgehead atoms. The van der Waals surface area contributed by atoms with Gasteiger partial charge in [-0.3, -0.25) is 10.1 Å². The summed E-state index contributed by atoms with van der Waals surface area (Å²) in [5, 5.41) is 13.7. The molecule has 0 unspecified atom stereocenters. The van der Waals surface area contributed by atoms with Gasteiger partial charge in [-0.15, -0.1) is 0 Å². The first-order valence-corrected chi connectivity index (χ1v) is 5.99. The van der Waals surface area contributed by atoms with Crippen LogP contribution >= 0.6 is 15.9 Å². The lowest BCUT2D eigenvalue weighted by atomic mass is 10.2. The minimum atomic E-state index is -0.447. The number of nitrogens with zero attached hydrogens (tertiary/aromatic N) is 2. The van der Waals surface area contributed by atoms with Crippen molar-refractivity contribution in [2.75, 3.05) is 5.32 Å². The van der Waals surface area contributed by atoms with E-state index in [2.05, 4.69) is 26.2 Å². The van der Waals surface area contributed by atoms with Gasteiger partial charge >= 0.3 is 0 Å². The molecular weight excluding hydrogens is 298 g/mol. The zero-order valence-electron chi connectivity index (χ0n) is 9.55. The van der Waals surface area contributed by atoms with E-state index in [9.17, 15) is 10.1 Å². The number of benzene rings is 1. The smallest absolute Gasteiger partial charge is 0.274 e. The van der Waals surface area contributed by atoms with Crippen LogP contribution in [0.5, 0.6) is 0 Å². The number of halogens is 1. The van der Waals surface area contributed by atoms with E-state index < -0.39 is 4.92 Å². The highest BCUT2D eigenvalue weighted by Gasteiger charge is 2.08. The molecule has 0 atom stereocenters. The summed E-state index contributed by atoms with van der Waals surface area (Å²) in [5.74, 6) is 0.439. The van der Waals surface area contributed by atoms with Crippen LogP contribution in [0.4, 0.5) is 17.2 Å². The Hall–Kier alpha value is -1.95. The van der Waals surface area contributed by atoms with Crippen molar-refractivity contribution in [3.05, 3.63) is 56.7 Å². The molecule has 0 saturated carbocycles. The third kappa shape index (κ3) is 2.84. The predicted octanol–water partition coefficient (Wildman–Crippen LogP) is 3.80. The number of nitrogens with one attached hydrogen (secondary N) is 1. The van der Waals surface area contributed by atoms with E-state index in [1.807, 2.05) is 25.1 Å². The fourth-order valence-electron chi connectivity index (χ4n) is 1.46. The minimum Gasteiger partial charge on any atom is -0.339 e. The summed E-state index contributed by atoms with van der Waals surface area (Å²) in [6.07, 6.45) is 1.41. The van der Waals surface area contributed by atoms with Crippen LogP contribution in [0, 0.1) is 17.0 Å². The molecule has 0 amide bonds. The number of anilines is 2. The highest BCUT2D eigenvalue weighted by atomic mass is 79.9.